The molecule has 5 heterocycles. The van der Waals surface area contributed by atoms with Gasteiger partial charge in [0.2, 0.25) is 5.91 Å². The quantitative estimate of drug-likeness (QED) is 0.248. The predicted octanol–water partition coefficient (Wildman–Crippen LogP) is 4.79. The van der Waals surface area contributed by atoms with Crippen molar-refractivity contribution in [2.45, 2.75) is 56.4 Å². The first-order valence-electron chi connectivity index (χ1n) is 18.2. The van der Waals surface area contributed by atoms with Gasteiger partial charge in [0.25, 0.3) is 0 Å². The number of hydrogen-bond acceptors (Lipinski definition) is 7. The Kier molecular flexibility index (Phi) is 10.6. The summed E-state index contributed by atoms with van der Waals surface area (Å²) in [5, 5.41) is 6.14. The summed E-state index contributed by atoms with van der Waals surface area (Å²) in [5.74, 6) is -0.336. The number of H-pyrrole nitrogens is 1. The minimum atomic E-state index is -4.69. The number of nitrogens with one attached hydrogen (secondary N) is 3. The van der Waals surface area contributed by atoms with Crippen molar-refractivity contribution in [3.63, 3.8) is 0 Å². The topological polar surface area (TPSA) is 122 Å². The molecule has 0 bridgehead atoms. The Morgan fingerprint density at radius 2 is 1.62 bits per heavy atom. The van der Waals surface area contributed by atoms with Crippen LogP contribution in [-0.2, 0) is 17.4 Å². The third-order valence-electron chi connectivity index (χ3n) is 11.2. The van der Waals surface area contributed by atoms with Gasteiger partial charge in [-0.15, -0.1) is 0 Å². The highest BCUT2D eigenvalue weighted by Gasteiger charge is 2.37. The van der Waals surface area contributed by atoms with Gasteiger partial charge in [-0.2, -0.15) is 13.2 Å². The summed E-state index contributed by atoms with van der Waals surface area (Å²) in [6.45, 7) is 5.53. The minimum Gasteiger partial charge on any atom is -0.386 e. The first-order chi connectivity index (χ1) is 25.4. The van der Waals surface area contributed by atoms with Crippen molar-refractivity contribution in [1.29, 1.82) is 0 Å². The third-order valence-corrected chi connectivity index (χ3v) is 11.5. The zero-order valence-electron chi connectivity index (χ0n) is 29.9. The lowest BCUT2D eigenvalue weighted by Crippen LogP contribution is -2.57. The number of halogens is 4. The highest BCUT2D eigenvalue weighted by atomic mass is 35.5. The number of likely N-dealkylation sites (N-methyl/N-ethyl adjacent to an activating group) is 1. The SMILES string of the molecule is CNc1c(Cl)cc(C[C@@H](NC(=O)N2CCC(n3c(=O)[nH]c4c5ccccc5ncc43)CC2)C(=O)N2CCC(N3CCN(C)CC3)CC2)cc1C(F)(F)F. The molecular weight excluding hydrogens is 711 g/mol. The number of carbonyl (C=O) groups is 2. The summed E-state index contributed by atoms with van der Waals surface area (Å²) in [7, 11) is 3.47. The number of rotatable bonds is 7. The maximum atomic E-state index is 14.2. The van der Waals surface area contributed by atoms with Crippen molar-refractivity contribution in [3.05, 3.63) is 69.2 Å². The first kappa shape index (κ1) is 37.0. The van der Waals surface area contributed by atoms with Crippen molar-refractivity contribution in [2.24, 2.45) is 0 Å². The Morgan fingerprint density at radius 3 is 2.30 bits per heavy atom. The van der Waals surface area contributed by atoms with Crippen LogP contribution in [0.1, 0.15) is 42.9 Å². The number of urea groups is 1. The van der Waals surface area contributed by atoms with Crippen molar-refractivity contribution in [1.82, 2.24) is 39.5 Å². The number of benzene rings is 2. The molecule has 0 unspecified atom stereocenters. The van der Waals surface area contributed by atoms with Gasteiger partial charge in [-0.25, -0.2) is 9.59 Å². The normalized spacial score (nSPS) is 19.2. The average molecular weight is 756 g/mol. The number of hydrogen-bond donors (Lipinski definition) is 3. The zero-order chi connectivity index (χ0) is 37.4. The van der Waals surface area contributed by atoms with E-state index in [1.165, 1.54) is 13.1 Å². The van der Waals surface area contributed by atoms with Gasteiger partial charge in [0.05, 0.1) is 39.0 Å². The Bertz CT molecular complexity index is 2030. The number of carbonyl (C=O) groups excluding carboxylic acids is 2. The lowest BCUT2D eigenvalue weighted by atomic mass is 9.98. The Labute approximate surface area is 310 Å². The third kappa shape index (κ3) is 7.69. The molecule has 3 saturated heterocycles. The van der Waals surface area contributed by atoms with Gasteiger partial charge in [0, 0.05) is 83.3 Å². The van der Waals surface area contributed by atoms with Crippen LogP contribution in [0.3, 0.4) is 0 Å². The second-order valence-corrected chi connectivity index (χ2v) is 14.8. The molecule has 3 aliphatic rings. The zero-order valence-corrected chi connectivity index (χ0v) is 30.6. The van der Waals surface area contributed by atoms with E-state index in [9.17, 15) is 27.6 Å². The molecule has 53 heavy (non-hydrogen) atoms. The molecule has 2 aromatic carbocycles. The van der Waals surface area contributed by atoms with E-state index < -0.39 is 23.8 Å². The van der Waals surface area contributed by atoms with Crippen molar-refractivity contribution in [3.8, 4) is 0 Å². The predicted molar refractivity (Wildman–Crippen MR) is 198 cm³/mol. The molecule has 0 aliphatic carbocycles. The summed E-state index contributed by atoms with van der Waals surface area (Å²) < 4.78 is 43.9. The van der Waals surface area contributed by atoms with E-state index in [1.54, 1.807) is 20.6 Å². The lowest BCUT2D eigenvalue weighted by Gasteiger charge is -2.42. The number of amides is 3. The minimum absolute atomic E-state index is 0.124. The van der Waals surface area contributed by atoms with Crippen molar-refractivity contribution < 1.29 is 22.8 Å². The summed E-state index contributed by atoms with van der Waals surface area (Å²) in [6, 6.07) is 8.56. The molecule has 2 aromatic heterocycles. The van der Waals surface area contributed by atoms with Crippen LogP contribution >= 0.6 is 11.6 Å². The fraction of sp³-hybridized carbons (Fsp3) is 0.514. The van der Waals surface area contributed by atoms with Gasteiger partial charge in [-0.1, -0.05) is 29.8 Å². The van der Waals surface area contributed by atoms with Gasteiger partial charge in [-0.3, -0.25) is 19.2 Å². The van der Waals surface area contributed by atoms with Gasteiger partial charge in [0.1, 0.15) is 6.04 Å². The molecule has 3 aliphatic heterocycles. The van der Waals surface area contributed by atoms with Gasteiger partial charge in [0.15, 0.2) is 0 Å². The van der Waals surface area contributed by atoms with E-state index in [-0.39, 0.29) is 40.3 Å². The van der Waals surface area contributed by atoms with Crippen LogP contribution < -0.4 is 16.3 Å². The number of imidazole rings is 1. The number of piperazine rings is 1. The van der Waals surface area contributed by atoms with Gasteiger partial charge >= 0.3 is 17.9 Å². The maximum absolute atomic E-state index is 14.2. The Balaban J connectivity index is 1.07. The molecule has 0 radical (unpaired) electrons. The largest absolute Gasteiger partial charge is 0.418 e. The lowest BCUT2D eigenvalue weighted by molar-refractivity contribution is -0.137. The number of piperidine rings is 2. The van der Waals surface area contributed by atoms with Gasteiger partial charge < -0.3 is 30.3 Å². The standard InChI is InChI=1S/C37H45ClF3N9O3/c1-42-33-27(37(39,40)41)19-23(20-28(33)38)21-30(34(51)48-11-7-24(8-12-48)47-17-15-46(2)16-18-47)44-35(52)49-13-9-25(10-14-49)50-31-22-43-29-6-4-3-5-26(29)32(31)45-36(50)53/h3-6,19-20,22,24-25,30,42H,7-18,21H2,1-2H3,(H,44,52)(H,45,53)/t30-/m1/s1. The summed E-state index contributed by atoms with van der Waals surface area (Å²) in [6.07, 6.45) is -0.627. The van der Waals surface area contributed by atoms with E-state index >= 15 is 0 Å². The molecule has 12 nitrogen and oxygen atoms in total. The monoisotopic (exact) mass is 755 g/mol. The molecule has 4 aromatic rings. The summed E-state index contributed by atoms with van der Waals surface area (Å²) in [5.41, 5.74) is 0.937. The molecule has 284 valence electrons. The van der Waals surface area contributed by atoms with Crippen molar-refractivity contribution >= 4 is 51.2 Å². The number of aromatic amines is 1. The van der Waals surface area contributed by atoms with E-state index in [1.807, 2.05) is 24.3 Å². The van der Waals surface area contributed by atoms with Crippen LogP contribution in [0, 0.1) is 0 Å². The molecule has 3 fully saturated rings. The molecule has 1 atom stereocenters. The summed E-state index contributed by atoms with van der Waals surface area (Å²) >= 11 is 6.32. The van der Waals surface area contributed by atoms with Crippen molar-refractivity contribution in [2.75, 3.05) is 71.8 Å². The van der Waals surface area contributed by atoms with E-state index in [4.69, 9.17) is 11.6 Å². The fourth-order valence-corrected chi connectivity index (χ4v) is 8.54. The number of anilines is 1. The van der Waals surface area contributed by atoms with Crippen LogP contribution in [0.15, 0.2) is 47.4 Å². The van der Waals surface area contributed by atoms with Crippen LogP contribution in [-0.4, -0.2) is 125 Å². The maximum Gasteiger partial charge on any atom is 0.418 e. The highest BCUT2D eigenvalue weighted by Crippen LogP contribution is 2.40. The second kappa shape index (κ2) is 15.2. The number of aromatic nitrogens is 3. The molecule has 0 saturated carbocycles. The van der Waals surface area contributed by atoms with E-state index in [0.717, 1.165) is 56.0 Å². The van der Waals surface area contributed by atoms with Crippen LogP contribution in [0.4, 0.5) is 23.7 Å². The number of alkyl halides is 3. The Morgan fingerprint density at radius 1 is 0.962 bits per heavy atom. The Hall–Kier alpha value is -4.34. The summed E-state index contributed by atoms with van der Waals surface area (Å²) in [4.78, 5) is 56.8. The number of pyridine rings is 1. The van der Waals surface area contributed by atoms with Crippen LogP contribution in [0.5, 0.6) is 0 Å². The highest BCUT2D eigenvalue weighted by molar-refractivity contribution is 6.33. The number of para-hydroxylation sites is 1. The molecule has 7 rings (SSSR count). The van der Waals surface area contributed by atoms with Crippen LogP contribution in [0.25, 0.3) is 21.9 Å². The first-order valence-corrected chi connectivity index (χ1v) is 18.6. The van der Waals surface area contributed by atoms with E-state index in [0.29, 0.717) is 56.1 Å². The second-order valence-electron chi connectivity index (χ2n) is 14.4. The molecular formula is C37H45ClF3N9O3. The smallest absolute Gasteiger partial charge is 0.386 e. The molecule has 16 heteroatoms. The fourth-order valence-electron chi connectivity index (χ4n) is 8.20. The van der Waals surface area contributed by atoms with Gasteiger partial charge in [-0.05, 0) is 56.5 Å². The average Bonchev–Trinajstić information content (AvgIpc) is 3.50. The molecule has 0 spiro atoms. The number of fused-ring (bicyclic) bond motifs is 3. The molecule has 3 amide bonds. The number of nitrogens with zero attached hydrogens (tertiary/aromatic N) is 6. The van der Waals surface area contributed by atoms with E-state index in [2.05, 4.69) is 37.4 Å². The number of likely N-dealkylation sites (tertiary alicyclic amines) is 2. The molecule has 3 N–H and O–H groups in total. The van der Waals surface area contributed by atoms with Crippen LogP contribution in [0.2, 0.25) is 5.02 Å².